The van der Waals surface area contributed by atoms with Crippen molar-refractivity contribution in [3.63, 3.8) is 0 Å². The summed E-state index contributed by atoms with van der Waals surface area (Å²) in [5.74, 6) is 1.81. The maximum Gasteiger partial charge on any atom is 0.212 e. The molecule has 2 aromatic heterocycles. The minimum absolute atomic E-state index is 0.00206. The summed E-state index contributed by atoms with van der Waals surface area (Å²) in [6.07, 6.45) is 2.82. The molecule has 8 heteroatoms. The van der Waals surface area contributed by atoms with Gasteiger partial charge in [-0.1, -0.05) is 0 Å². The topological polar surface area (TPSA) is 73.7 Å². The molecule has 2 aliphatic rings. The van der Waals surface area contributed by atoms with Crippen molar-refractivity contribution in [1.29, 1.82) is 0 Å². The molecular weight excluding hydrogens is 358 g/mol. The fraction of sp³-hybridized carbons (Fsp3) is 0.600. The van der Waals surface area contributed by atoms with Gasteiger partial charge in [0.2, 0.25) is 5.88 Å². The highest BCUT2D eigenvalue weighted by Gasteiger charge is 2.30. The Kier molecular flexibility index (Phi) is 5.79. The first-order valence-corrected chi connectivity index (χ1v) is 9.87. The summed E-state index contributed by atoms with van der Waals surface area (Å²) in [7, 11) is 3.65. The van der Waals surface area contributed by atoms with Crippen LogP contribution in [-0.4, -0.2) is 60.8 Å². The van der Waals surface area contributed by atoms with E-state index in [4.69, 9.17) is 14.2 Å². The van der Waals surface area contributed by atoms with E-state index in [0.717, 1.165) is 57.1 Å². The number of aromatic nitrogens is 3. The van der Waals surface area contributed by atoms with Crippen molar-refractivity contribution >= 4 is 5.82 Å². The third-order valence-corrected chi connectivity index (χ3v) is 5.55. The monoisotopic (exact) mass is 387 g/mol. The molecule has 2 saturated heterocycles. The maximum absolute atomic E-state index is 6.00. The Morgan fingerprint density at radius 2 is 2.07 bits per heavy atom. The fourth-order valence-corrected chi connectivity index (χ4v) is 4.11. The molecule has 0 saturated carbocycles. The van der Waals surface area contributed by atoms with E-state index < -0.39 is 0 Å². The third kappa shape index (κ3) is 3.85. The predicted octanol–water partition coefficient (Wildman–Crippen LogP) is 1.59. The van der Waals surface area contributed by atoms with Gasteiger partial charge in [-0.3, -0.25) is 4.68 Å². The van der Waals surface area contributed by atoms with Crippen LogP contribution in [0.25, 0.3) is 0 Å². The minimum Gasteiger partial charge on any atom is -0.481 e. The number of ether oxygens (including phenoxy) is 3. The predicted molar refractivity (Wildman–Crippen MR) is 106 cm³/mol. The largest absolute Gasteiger partial charge is 0.481 e. The molecule has 0 aliphatic carbocycles. The average molecular weight is 387 g/mol. The molecule has 0 aromatic carbocycles. The molecule has 4 heterocycles. The summed E-state index contributed by atoms with van der Waals surface area (Å²) in [6.45, 7) is 6.92. The standard InChI is InChI=1S/C20H29N5O3/c1-14-16(20(24(2)23-14)25-7-10-27-11-8-25)13-21-17-6-9-28-19(17)15-4-5-18(26-3)22-12-15/h4-5,12,17,19,21H,6-11,13H2,1-3H3/t17-,19+/m0/s1. The smallest absolute Gasteiger partial charge is 0.212 e. The molecule has 8 nitrogen and oxygen atoms in total. The molecule has 0 unspecified atom stereocenters. The van der Waals surface area contributed by atoms with Gasteiger partial charge in [-0.25, -0.2) is 4.98 Å². The van der Waals surface area contributed by atoms with Crippen LogP contribution in [0, 0.1) is 6.92 Å². The molecule has 1 N–H and O–H groups in total. The number of hydrogen-bond acceptors (Lipinski definition) is 7. The number of aryl methyl sites for hydroxylation is 2. The quantitative estimate of drug-likeness (QED) is 0.807. The molecular formula is C20H29N5O3. The van der Waals surface area contributed by atoms with Crippen LogP contribution in [0.2, 0.25) is 0 Å². The lowest BCUT2D eigenvalue weighted by Gasteiger charge is -2.30. The van der Waals surface area contributed by atoms with Crippen molar-refractivity contribution in [1.82, 2.24) is 20.1 Å². The van der Waals surface area contributed by atoms with E-state index in [1.165, 1.54) is 11.4 Å². The fourth-order valence-electron chi connectivity index (χ4n) is 4.11. The first kappa shape index (κ1) is 19.2. The summed E-state index contributed by atoms with van der Waals surface area (Å²) in [4.78, 5) is 6.70. The highest BCUT2D eigenvalue weighted by molar-refractivity contribution is 5.50. The van der Waals surface area contributed by atoms with Gasteiger partial charge < -0.3 is 24.4 Å². The summed E-state index contributed by atoms with van der Waals surface area (Å²) in [6, 6.07) is 4.16. The number of nitrogens with zero attached hydrogens (tertiary/aromatic N) is 4. The summed E-state index contributed by atoms with van der Waals surface area (Å²) < 4.78 is 18.7. The van der Waals surface area contributed by atoms with Gasteiger partial charge in [0.05, 0.1) is 32.1 Å². The molecule has 0 amide bonds. The lowest BCUT2D eigenvalue weighted by atomic mass is 10.0. The zero-order valence-corrected chi connectivity index (χ0v) is 16.9. The molecule has 152 valence electrons. The van der Waals surface area contributed by atoms with E-state index in [1.54, 1.807) is 7.11 Å². The number of pyridine rings is 1. The van der Waals surface area contributed by atoms with Gasteiger partial charge in [-0.05, 0) is 19.4 Å². The molecule has 0 radical (unpaired) electrons. The normalized spacial score (nSPS) is 22.6. The van der Waals surface area contributed by atoms with Gasteiger partial charge in [0.15, 0.2) is 0 Å². The van der Waals surface area contributed by atoms with Crippen molar-refractivity contribution in [3.05, 3.63) is 35.2 Å². The molecule has 2 aliphatic heterocycles. The van der Waals surface area contributed by atoms with Crippen LogP contribution in [0.1, 0.15) is 29.3 Å². The average Bonchev–Trinajstić information content (AvgIpc) is 3.30. The van der Waals surface area contributed by atoms with Gasteiger partial charge in [0, 0.05) is 62.7 Å². The van der Waals surface area contributed by atoms with E-state index >= 15 is 0 Å². The molecule has 0 spiro atoms. The Morgan fingerprint density at radius 1 is 1.25 bits per heavy atom. The van der Waals surface area contributed by atoms with E-state index in [9.17, 15) is 0 Å². The first-order valence-electron chi connectivity index (χ1n) is 9.87. The van der Waals surface area contributed by atoms with Gasteiger partial charge in [-0.15, -0.1) is 0 Å². The van der Waals surface area contributed by atoms with Crippen molar-refractivity contribution in [2.45, 2.75) is 32.0 Å². The second-order valence-corrected chi connectivity index (χ2v) is 7.31. The molecule has 28 heavy (non-hydrogen) atoms. The first-order chi connectivity index (χ1) is 13.7. The van der Waals surface area contributed by atoms with Gasteiger partial charge in [-0.2, -0.15) is 5.10 Å². The lowest BCUT2D eigenvalue weighted by Crippen LogP contribution is -2.38. The SMILES string of the molecule is COc1ccc([C@H]2OCC[C@@H]2NCc2c(C)nn(C)c2N2CCOCC2)cn1. The van der Waals surface area contributed by atoms with E-state index in [2.05, 4.69) is 27.2 Å². The molecule has 0 bridgehead atoms. The number of hydrogen-bond donors (Lipinski definition) is 1. The Balaban J connectivity index is 1.47. The Bertz CT molecular complexity index is 786. The van der Waals surface area contributed by atoms with Crippen LogP contribution in [0.3, 0.4) is 0 Å². The van der Waals surface area contributed by atoms with Crippen molar-refractivity contribution in [3.8, 4) is 5.88 Å². The van der Waals surface area contributed by atoms with Gasteiger partial charge in [0.1, 0.15) is 5.82 Å². The number of rotatable bonds is 6. The van der Waals surface area contributed by atoms with E-state index in [1.807, 2.05) is 30.1 Å². The van der Waals surface area contributed by atoms with Crippen LogP contribution in [0.15, 0.2) is 18.3 Å². The highest BCUT2D eigenvalue weighted by atomic mass is 16.5. The Morgan fingerprint density at radius 3 is 2.79 bits per heavy atom. The number of nitrogens with one attached hydrogen (secondary N) is 1. The molecule has 4 rings (SSSR count). The summed E-state index contributed by atoms with van der Waals surface area (Å²) >= 11 is 0. The minimum atomic E-state index is 0.00206. The van der Waals surface area contributed by atoms with Gasteiger partial charge in [0.25, 0.3) is 0 Å². The zero-order chi connectivity index (χ0) is 19.5. The van der Waals surface area contributed by atoms with Crippen LogP contribution in [0.5, 0.6) is 5.88 Å². The summed E-state index contributed by atoms with van der Waals surface area (Å²) in [5, 5.41) is 8.38. The third-order valence-electron chi connectivity index (χ3n) is 5.55. The second kappa shape index (κ2) is 8.46. The summed E-state index contributed by atoms with van der Waals surface area (Å²) in [5.41, 5.74) is 3.40. The lowest BCUT2D eigenvalue weighted by molar-refractivity contribution is 0.0981. The molecule has 2 atom stereocenters. The van der Waals surface area contributed by atoms with Crippen molar-refractivity contribution in [2.24, 2.45) is 7.05 Å². The van der Waals surface area contributed by atoms with Crippen molar-refractivity contribution in [2.75, 3.05) is 44.9 Å². The Hall–Kier alpha value is -2.16. The van der Waals surface area contributed by atoms with Crippen LogP contribution >= 0.6 is 0 Å². The number of morpholine rings is 1. The molecule has 2 fully saturated rings. The van der Waals surface area contributed by atoms with Crippen molar-refractivity contribution < 1.29 is 14.2 Å². The molecule has 2 aromatic rings. The highest BCUT2D eigenvalue weighted by Crippen LogP contribution is 2.31. The number of anilines is 1. The zero-order valence-electron chi connectivity index (χ0n) is 16.9. The van der Waals surface area contributed by atoms with Gasteiger partial charge >= 0.3 is 0 Å². The maximum atomic E-state index is 6.00. The van der Waals surface area contributed by atoms with Crippen LogP contribution in [-0.2, 0) is 23.1 Å². The van der Waals surface area contributed by atoms with E-state index in [0.29, 0.717) is 5.88 Å². The van der Waals surface area contributed by atoms with E-state index in [-0.39, 0.29) is 12.1 Å². The van der Waals surface area contributed by atoms with Crippen LogP contribution in [0.4, 0.5) is 5.82 Å². The number of methoxy groups -OCH3 is 1. The second-order valence-electron chi connectivity index (χ2n) is 7.31. The Labute approximate surface area is 165 Å². The van der Waals surface area contributed by atoms with Crippen LogP contribution < -0.4 is 15.0 Å².